The average molecular weight is 229 g/mol. The number of pyridine rings is 1. The maximum absolute atomic E-state index is 12.5. The van der Waals surface area contributed by atoms with Crippen LogP contribution in [-0.2, 0) is 0 Å². The summed E-state index contributed by atoms with van der Waals surface area (Å²) in [6, 6.07) is -1.39. The zero-order chi connectivity index (χ0) is 10.9. The molecule has 1 rings (SSSR count). The lowest BCUT2D eigenvalue weighted by Gasteiger charge is -2.15. The molecule has 0 aromatic carbocycles. The Kier molecular flexibility index (Phi) is 2.96. The minimum atomic E-state index is -4.59. The molecule has 0 aliphatic heterocycles. The van der Waals surface area contributed by atoms with Crippen LogP contribution in [0.4, 0.5) is 17.6 Å². The van der Waals surface area contributed by atoms with Crippen LogP contribution in [-0.4, -0.2) is 11.2 Å². The van der Waals surface area contributed by atoms with Gasteiger partial charge in [0.1, 0.15) is 6.04 Å². The summed E-state index contributed by atoms with van der Waals surface area (Å²) in [6.45, 7) is 0. The Balaban J connectivity index is 3.03. The summed E-state index contributed by atoms with van der Waals surface area (Å²) in [6.07, 6.45) is -3.89. The van der Waals surface area contributed by atoms with Crippen molar-refractivity contribution >= 4 is 11.6 Å². The van der Waals surface area contributed by atoms with E-state index in [9.17, 15) is 17.6 Å². The molecule has 0 saturated heterocycles. The maximum Gasteiger partial charge on any atom is 0.407 e. The first-order valence-corrected chi connectivity index (χ1v) is 3.83. The molecule has 0 aliphatic carbocycles. The predicted molar refractivity (Wildman–Crippen MR) is 42.2 cm³/mol. The van der Waals surface area contributed by atoms with Crippen LogP contribution in [0.3, 0.4) is 0 Å². The molecule has 0 radical (unpaired) electrons. The zero-order valence-electron chi connectivity index (χ0n) is 6.65. The van der Waals surface area contributed by atoms with E-state index in [1.807, 2.05) is 0 Å². The summed E-state index contributed by atoms with van der Waals surface area (Å²) in [7, 11) is 0. The molecule has 0 amide bonds. The van der Waals surface area contributed by atoms with Crippen molar-refractivity contribution in [3.05, 3.63) is 28.8 Å². The van der Waals surface area contributed by atoms with Gasteiger partial charge in [0.25, 0.3) is 0 Å². The standard InChI is InChI=1S/C7H5ClF4N2/c8-4-1-3(2-14-6(4)9)5(13)7(10,11)12/h1-2,5H,13H2/t5-/m1/s1. The maximum atomic E-state index is 12.5. The third-order valence-corrected chi connectivity index (χ3v) is 1.79. The van der Waals surface area contributed by atoms with Gasteiger partial charge in [0.05, 0.1) is 5.02 Å². The lowest BCUT2D eigenvalue weighted by Crippen LogP contribution is -2.28. The second-order valence-electron chi connectivity index (χ2n) is 2.56. The number of hydrogen-bond donors (Lipinski definition) is 1. The highest BCUT2D eigenvalue weighted by atomic mass is 35.5. The van der Waals surface area contributed by atoms with Crippen LogP contribution in [0.5, 0.6) is 0 Å². The normalized spacial score (nSPS) is 14.1. The molecule has 14 heavy (non-hydrogen) atoms. The van der Waals surface area contributed by atoms with Crippen LogP contribution in [0.25, 0.3) is 0 Å². The van der Waals surface area contributed by atoms with E-state index in [-0.39, 0.29) is 5.56 Å². The minimum absolute atomic E-state index is 0.371. The average Bonchev–Trinajstić information content (AvgIpc) is 2.07. The summed E-state index contributed by atoms with van der Waals surface area (Å²) in [5, 5.41) is -0.484. The molecule has 0 spiro atoms. The molecule has 2 N–H and O–H groups in total. The molecule has 1 aromatic rings. The van der Waals surface area contributed by atoms with Gasteiger partial charge in [0.15, 0.2) is 0 Å². The Labute approximate surface area is 81.7 Å². The topological polar surface area (TPSA) is 38.9 Å². The van der Waals surface area contributed by atoms with E-state index >= 15 is 0 Å². The van der Waals surface area contributed by atoms with Crippen molar-refractivity contribution in [2.75, 3.05) is 0 Å². The molecule has 1 heterocycles. The van der Waals surface area contributed by atoms with Gasteiger partial charge in [-0.2, -0.15) is 17.6 Å². The number of hydrogen-bond acceptors (Lipinski definition) is 2. The molecule has 1 aromatic heterocycles. The van der Waals surface area contributed by atoms with Crippen molar-refractivity contribution in [2.45, 2.75) is 12.2 Å². The van der Waals surface area contributed by atoms with Crippen molar-refractivity contribution in [3.8, 4) is 0 Å². The molecule has 0 fully saturated rings. The van der Waals surface area contributed by atoms with Crippen molar-refractivity contribution in [2.24, 2.45) is 5.73 Å². The van der Waals surface area contributed by atoms with E-state index < -0.39 is 23.2 Å². The molecule has 1 atom stereocenters. The quantitative estimate of drug-likeness (QED) is 0.592. The van der Waals surface area contributed by atoms with Crippen LogP contribution >= 0.6 is 11.6 Å². The van der Waals surface area contributed by atoms with Crippen molar-refractivity contribution in [1.82, 2.24) is 4.98 Å². The van der Waals surface area contributed by atoms with E-state index in [0.29, 0.717) is 6.20 Å². The molecule has 0 unspecified atom stereocenters. The van der Waals surface area contributed by atoms with E-state index in [4.69, 9.17) is 17.3 Å². The van der Waals surface area contributed by atoms with Crippen LogP contribution in [0.1, 0.15) is 11.6 Å². The summed E-state index contributed by atoms with van der Waals surface area (Å²) in [5.41, 5.74) is 4.47. The summed E-state index contributed by atoms with van der Waals surface area (Å²) in [5.74, 6) is -1.02. The fraction of sp³-hybridized carbons (Fsp3) is 0.286. The van der Waals surface area contributed by atoms with Gasteiger partial charge in [-0.25, -0.2) is 4.98 Å². The van der Waals surface area contributed by atoms with Crippen molar-refractivity contribution in [1.29, 1.82) is 0 Å². The van der Waals surface area contributed by atoms with Gasteiger partial charge in [-0.1, -0.05) is 11.6 Å². The molecule has 78 valence electrons. The molecular weight excluding hydrogens is 224 g/mol. The Morgan fingerprint density at radius 1 is 1.43 bits per heavy atom. The number of nitrogens with two attached hydrogens (primary N) is 1. The van der Waals surface area contributed by atoms with Crippen LogP contribution in [0.15, 0.2) is 12.3 Å². The third-order valence-electron chi connectivity index (χ3n) is 1.53. The van der Waals surface area contributed by atoms with E-state index in [1.165, 1.54) is 0 Å². The lowest BCUT2D eigenvalue weighted by molar-refractivity contribution is -0.149. The lowest BCUT2D eigenvalue weighted by atomic mass is 10.1. The zero-order valence-corrected chi connectivity index (χ0v) is 7.40. The molecule has 0 aliphatic rings. The number of halogens is 5. The van der Waals surface area contributed by atoms with Crippen LogP contribution in [0.2, 0.25) is 5.02 Å². The fourth-order valence-electron chi connectivity index (χ4n) is 0.795. The minimum Gasteiger partial charge on any atom is -0.316 e. The highest BCUT2D eigenvalue weighted by Gasteiger charge is 2.38. The highest BCUT2D eigenvalue weighted by molar-refractivity contribution is 6.30. The molecule has 0 saturated carbocycles. The van der Waals surface area contributed by atoms with Gasteiger partial charge in [0, 0.05) is 6.20 Å². The van der Waals surface area contributed by atoms with Gasteiger partial charge in [-0.3, -0.25) is 0 Å². The first-order valence-electron chi connectivity index (χ1n) is 3.45. The number of aromatic nitrogens is 1. The predicted octanol–water partition coefficient (Wildman–Crippen LogP) is 2.44. The number of rotatable bonds is 1. The van der Waals surface area contributed by atoms with Gasteiger partial charge >= 0.3 is 6.18 Å². The van der Waals surface area contributed by atoms with Gasteiger partial charge in [-0.05, 0) is 11.6 Å². The summed E-state index contributed by atoms with van der Waals surface area (Å²) < 4.78 is 48.7. The Bertz CT molecular complexity index is 339. The Morgan fingerprint density at radius 3 is 2.43 bits per heavy atom. The van der Waals surface area contributed by atoms with Crippen molar-refractivity contribution < 1.29 is 17.6 Å². The van der Waals surface area contributed by atoms with Gasteiger partial charge in [0.2, 0.25) is 5.95 Å². The smallest absolute Gasteiger partial charge is 0.316 e. The Hall–Kier alpha value is -0.880. The number of nitrogens with zero attached hydrogens (tertiary/aromatic N) is 1. The molecule has 7 heteroatoms. The second kappa shape index (κ2) is 3.70. The fourth-order valence-corrected chi connectivity index (χ4v) is 0.970. The van der Waals surface area contributed by atoms with E-state index in [1.54, 1.807) is 0 Å². The molecule has 2 nitrogen and oxygen atoms in total. The SMILES string of the molecule is N[C@H](c1cnc(F)c(Cl)c1)C(F)(F)F. The van der Waals surface area contributed by atoms with Crippen LogP contribution < -0.4 is 5.73 Å². The van der Waals surface area contributed by atoms with Gasteiger partial charge in [-0.15, -0.1) is 0 Å². The number of alkyl halides is 3. The Morgan fingerprint density at radius 2 is 2.00 bits per heavy atom. The van der Waals surface area contributed by atoms with Gasteiger partial charge < -0.3 is 5.73 Å². The highest BCUT2D eigenvalue weighted by Crippen LogP contribution is 2.31. The second-order valence-corrected chi connectivity index (χ2v) is 2.97. The first kappa shape index (κ1) is 11.2. The third kappa shape index (κ3) is 2.33. The summed E-state index contributed by atoms with van der Waals surface area (Å²) >= 11 is 5.25. The molecule has 0 bridgehead atoms. The first-order chi connectivity index (χ1) is 6.32. The van der Waals surface area contributed by atoms with E-state index in [0.717, 1.165) is 6.07 Å². The largest absolute Gasteiger partial charge is 0.407 e. The molecular formula is C7H5ClF4N2. The summed E-state index contributed by atoms with van der Waals surface area (Å²) in [4.78, 5) is 3.03. The van der Waals surface area contributed by atoms with E-state index in [2.05, 4.69) is 4.98 Å². The monoisotopic (exact) mass is 228 g/mol. The van der Waals surface area contributed by atoms with Crippen molar-refractivity contribution in [3.63, 3.8) is 0 Å². The van der Waals surface area contributed by atoms with Crippen LogP contribution in [0, 0.1) is 5.95 Å².